The molecule has 6 rings (SSSR count). The van der Waals surface area contributed by atoms with Gasteiger partial charge in [0.05, 0.1) is 11.6 Å². The van der Waals surface area contributed by atoms with Gasteiger partial charge >= 0.3 is 0 Å². The summed E-state index contributed by atoms with van der Waals surface area (Å²) >= 11 is 0. The second kappa shape index (κ2) is 10.1. The third-order valence-corrected chi connectivity index (χ3v) is 9.21. The molecule has 1 fully saturated rings. The molecule has 7 nitrogen and oxygen atoms in total. The lowest BCUT2D eigenvalue weighted by atomic mass is 9.64. The third-order valence-electron chi connectivity index (χ3n) is 9.21. The standard InChI is InChI=1S/C33H35FN4O3/c1-17(21-5-6-21)15-28(39)38-29-18(2)30(35-20(29)4)25-13-14-33(25)26-16-23(9-12-27(26)37-32(33)41)31(40)36-19(3)22-7-10-24(34)11-8-22/h7,9-12,16-17,19,21-22,25,35H,5-6,8,15H2,1-4H3,(H,36,40)(H,37,41)(H,38,39). The molecule has 1 aromatic heterocycles. The van der Waals surface area contributed by atoms with Crippen LogP contribution in [0.4, 0.5) is 15.8 Å². The predicted octanol–water partition coefficient (Wildman–Crippen LogP) is 5.54. The lowest BCUT2D eigenvalue weighted by Gasteiger charge is -2.34. The van der Waals surface area contributed by atoms with Crippen LogP contribution in [0.1, 0.15) is 78.3 Å². The van der Waals surface area contributed by atoms with Gasteiger partial charge in [-0.25, -0.2) is 4.39 Å². The quantitative estimate of drug-likeness (QED) is 0.322. The van der Waals surface area contributed by atoms with Crippen molar-refractivity contribution in [3.8, 4) is 11.8 Å². The van der Waals surface area contributed by atoms with Crippen LogP contribution < -0.4 is 16.0 Å². The first kappa shape index (κ1) is 27.1. The van der Waals surface area contributed by atoms with Crippen molar-refractivity contribution in [3.05, 3.63) is 70.3 Å². The summed E-state index contributed by atoms with van der Waals surface area (Å²) in [6, 6.07) is 4.99. The lowest BCUT2D eigenvalue weighted by Crippen LogP contribution is -2.44. The fourth-order valence-corrected chi connectivity index (χ4v) is 6.40. The zero-order chi connectivity index (χ0) is 29.1. The molecule has 3 amide bonds. The molecule has 4 N–H and O–H groups in total. The average molecular weight is 555 g/mol. The molecule has 0 bridgehead atoms. The minimum absolute atomic E-state index is 0.00459. The van der Waals surface area contributed by atoms with Crippen molar-refractivity contribution < 1.29 is 18.8 Å². The van der Waals surface area contributed by atoms with E-state index in [1.807, 2.05) is 20.8 Å². The Morgan fingerprint density at radius 2 is 2.00 bits per heavy atom. The molecule has 41 heavy (non-hydrogen) atoms. The average Bonchev–Trinajstić information content (AvgIpc) is 3.68. The number of amides is 3. The van der Waals surface area contributed by atoms with Crippen LogP contribution >= 0.6 is 0 Å². The SMILES string of the molecule is Cc1[nH]c(C2C#CC23C(=O)Nc2ccc(C(=O)NC(C)C4C=CC(F)=CC4)cc23)c(C)c1NC(=O)CC(C)C1CC1. The highest BCUT2D eigenvalue weighted by Crippen LogP contribution is 2.52. The van der Waals surface area contributed by atoms with Crippen molar-refractivity contribution in [3.63, 3.8) is 0 Å². The van der Waals surface area contributed by atoms with Gasteiger partial charge in [0, 0.05) is 46.6 Å². The molecular weight excluding hydrogens is 519 g/mol. The molecule has 4 aliphatic rings. The molecule has 1 aliphatic heterocycles. The topological polar surface area (TPSA) is 103 Å². The molecule has 0 saturated heterocycles. The van der Waals surface area contributed by atoms with Crippen LogP contribution in [0.2, 0.25) is 0 Å². The number of benzene rings is 1. The van der Waals surface area contributed by atoms with Crippen molar-refractivity contribution in [1.82, 2.24) is 10.3 Å². The van der Waals surface area contributed by atoms with Crippen LogP contribution in [-0.4, -0.2) is 28.7 Å². The fraction of sp³-hybridized carbons (Fsp3) is 0.424. The number of aromatic nitrogens is 1. The number of aryl methyl sites for hydroxylation is 1. The Balaban J connectivity index is 1.23. The Kier molecular flexibility index (Phi) is 6.64. The highest BCUT2D eigenvalue weighted by molar-refractivity contribution is 6.12. The van der Waals surface area contributed by atoms with Crippen molar-refractivity contribution in [1.29, 1.82) is 0 Å². The number of aromatic amines is 1. The first-order valence-electron chi connectivity index (χ1n) is 14.4. The number of halogens is 1. The van der Waals surface area contributed by atoms with Gasteiger partial charge in [0.25, 0.3) is 5.91 Å². The highest BCUT2D eigenvalue weighted by atomic mass is 19.1. The molecule has 1 spiro atoms. The van der Waals surface area contributed by atoms with Gasteiger partial charge in [-0.1, -0.05) is 24.8 Å². The number of rotatable bonds is 8. The molecular formula is C33H35FN4O3. The van der Waals surface area contributed by atoms with Crippen molar-refractivity contribution >= 4 is 29.1 Å². The monoisotopic (exact) mass is 554 g/mol. The van der Waals surface area contributed by atoms with E-state index < -0.39 is 11.3 Å². The molecule has 0 radical (unpaired) electrons. The van der Waals surface area contributed by atoms with E-state index in [0.717, 1.165) is 22.6 Å². The third kappa shape index (κ3) is 4.67. The predicted molar refractivity (Wildman–Crippen MR) is 156 cm³/mol. The van der Waals surface area contributed by atoms with Crippen LogP contribution in [-0.2, 0) is 15.0 Å². The largest absolute Gasteiger partial charge is 0.359 e. The lowest BCUT2D eigenvalue weighted by molar-refractivity contribution is -0.119. The van der Waals surface area contributed by atoms with E-state index >= 15 is 0 Å². The van der Waals surface area contributed by atoms with E-state index in [4.69, 9.17) is 0 Å². The maximum Gasteiger partial charge on any atom is 0.251 e. The summed E-state index contributed by atoms with van der Waals surface area (Å²) < 4.78 is 13.4. The molecule has 5 atom stereocenters. The summed E-state index contributed by atoms with van der Waals surface area (Å²) in [7, 11) is 0. The van der Waals surface area contributed by atoms with E-state index in [2.05, 4.69) is 39.7 Å². The van der Waals surface area contributed by atoms with Crippen molar-refractivity contribution in [2.75, 3.05) is 10.6 Å². The van der Waals surface area contributed by atoms with Crippen LogP contribution in [0.3, 0.4) is 0 Å². The maximum absolute atomic E-state index is 13.4. The number of hydrogen-bond acceptors (Lipinski definition) is 3. The number of allylic oxidation sites excluding steroid dienone is 3. The highest BCUT2D eigenvalue weighted by Gasteiger charge is 2.56. The summed E-state index contributed by atoms with van der Waals surface area (Å²) in [5.41, 5.74) is 3.83. The minimum Gasteiger partial charge on any atom is -0.359 e. The van der Waals surface area contributed by atoms with Crippen LogP contribution in [0.25, 0.3) is 0 Å². The number of H-pyrrole nitrogens is 1. The van der Waals surface area contributed by atoms with E-state index in [1.54, 1.807) is 24.3 Å². The Morgan fingerprint density at radius 3 is 2.66 bits per heavy atom. The second-order valence-corrected chi connectivity index (χ2v) is 12.1. The number of hydrogen-bond donors (Lipinski definition) is 4. The number of carbonyl (C=O) groups is 3. The van der Waals surface area contributed by atoms with Crippen LogP contribution in [0, 0.1) is 43.4 Å². The minimum atomic E-state index is -1.13. The van der Waals surface area contributed by atoms with Gasteiger partial charge in [0.15, 0.2) is 5.41 Å². The van der Waals surface area contributed by atoms with E-state index in [0.29, 0.717) is 41.5 Å². The molecule has 5 unspecified atom stereocenters. The second-order valence-electron chi connectivity index (χ2n) is 12.1. The maximum atomic E-state index is 13.4. The number of anilines is 2. The molecule has 1 aromatic carbocycles. The van der Waals surface area contributed by atoms with Gasteiger partial charge in [-0.15, -0.1) is 0 Å². The zero-order valence-corrected chi connectivity index (χ0v) is 23.8. The van der Waals surface area contributed by atoms with Gasteiger partial charge < -0.3 is 20.9 Å². The van der Waals surface area contributed by atoms with Gasteiger partial charge in [0.1, 0.15) is 5.83 Å². The summed E-state index contributed by atoms with van der Waals surface area (Å²) in [5, 5.41) is 9.07. The van der Waals surface area contributed by atoms with Crippen molar-refractivity contribution in [2.24, 2.45) is 17.8 Å². The first-order chi connectivity index (χ1) is 19.6. The van der Waals surface area contributed by atoms with E-state index in [9.17, 15) is 18.8 Å². The summed E-state index contributed by atoms with van der Waals surface area (Å²) in [6.07, 6.45) is 8.14. The normalized spacial score (nSPS) is 25.3. The Hall–Kier alpha value is -4.12. The molecule has 8 heteroatoms. The van der Waals surface area contributed by atoms with E-state index in [1.165, 1.54) is 25.0 Å². The van der Waals surface area contributed by atoms with Crippen LogP contribution in [0.5, 0.6) is 0 Å². The molecule has 2 aromatic rings. The molecule has 1 saturated carbocycles. The Labute approximate surface area is 239 Å². The molecule has 3 aliphatic carbocycles. The Morgan fingerprint density at radius 1 is 1.22 bits per heavy atom. The number of fused-ring (bicyclic) bond motifs is 2. The van der Waals surface area contributed by atoms with Crippen molar-refractivity contribution in [2.45, 2.75) is 70.8 Å². The zero-order valence-electron chi connectivity index (χ0n) is 23.8. The number of nitrogens with one attached hydrogen (secondary N) is 4. The van der Waals surface area contributed by atoms with Gasteiger partial charge in [-0.05, 0) is 87.8 Å². The fourth-order valence-electron chi connectivity index (χ4n) is 6.40. The van der Waals surface area contributed by atoms with E-state index in [-0.39, 0.29) is 35.5 Å². The molecule has 212 valence electrons. The Bertz CT molecular complexity index is 1590. The first-order valence-corrected chi connectivity index (χ1v) is 14.4. The molecule has 2 heterocycles. The smallest absolute Gasteiger partial charge is 0.251 e. The summed E-state index contributed by atoms with van der Waals surface area (Å²) in [5.74, 6) is 6.11. The summed E-state index contributed by atoms with van der Waals surface area (Å²) in [6.45, 7) is 7.88. The summed E-state index contributed by atoms with van der Waals surface area (Å²) in [4.78, 5) is 42.9. The van der Waals surface area contributed by atoms with Gasteiger partial charge in [0.2, 0.25) is 11.8 Å². The van der Waals surface area contributed by atoms with Gasteiger partial charge in [-0.3, -0.25) is 14.4 Å². The van der Waals surface area contributed by atoms with Crippen LogP contribution in [0.15, 0.2) is 42.3 Å². The van der Waals surface area contributed by atoms with Gasteiger partial charge in [-0.2, -0.15) is 0 Å². The number of carbonyl (C=O) groups excluding carboxylic acids is 3.